The number of aryl methyl sites for hydroxylation is 1. The molecule has 2 unspecified atom stereocenters. The SMILES string of the molecule is Cc1c(N2CC(C)C(N)C2)c(F)cn2c(=O)c(C(=O)O)cc(C3CC3)c12. The van der Waals surface area contributed by atoms with E-state index < -0.39 is 17.3 Å². The van der Waals surface area contributed by atoms with Gasteiger partial charge in [0.05, 0.1) is 17.4 Å². The molecule has 0 amide bonds. The lowest BCUT2D eigenvalue weighted by molar-refractivity contribution is 0.0694. The van der Waals surface area contributed by atoms with E-state index in [0.717, 1.165) is 24.6 Å². The van der Waals surface area contributed by atoms with Crippen molar-refractivity contribution in [2.75, 3.05) is 18.0 Å². The molecule has 0 aromatic carbocycles. The maximum atomic E-state index is 15.0. The van der Waals surface area contributed by atoms with Crippen LogP contribution in [0.25, 0.3) is 5.52 Å². The fourth-order valence-electron chi connectivity index (χ4n) is 4.06. The first-order valence-electron chi connectivity index (χ1n) is 8.91. The van der Waals surface area contributed by atoms with Crippen molar-refractivity contribution in [3.05, 3.63) is 45.1 Å². The van der Waals surface area contributed by atoms with Gasteiger partial charge < -0.3 is 15.7 Å². The van der Waals surface area contributed by atoms with Crippen LogP contribution < -0.4 is 16.2 Å². The van der Waals surface area contributed by atoms with E-state index in [1.165, 1.54) is 10.5 Å². The van der Waals surface area contributed by atoms with Gasteiger partial charge in [0.25, 0.3) is 5.56 Å². The van der Waals surface area contributed by atoms with Crippen LogP contribution in [0.3, 0.4) is 0 Å². The lowest BCUT2D eigenvalue weighted by Gasteiger charge is -2.24. The molecule has 2 fully saturated rings. The second-order valence-electron chi connectivity index (χ2n) is 7.61. The quantitative estimate of drug-likeness (QED) is 0.876. The molecular weight excluding hydrogens is 337 g/mol. The number of aromatic carboxylic acids is 1. The number of nitrogens with zero attached hydrogens (tertiary/aromatic N) is 2. The number of aromatic nitrogens is 1. The number of rotatable bonds is 3. The summed E-state index contributed by atoms with van der Waals surface area (Å²) in [4.78, 5) is 26.0. The van der Waals surface area contributed by atoms with Crippen LogP contribution in [0.1, 0.15) is 47.2 Å². The molecule has 138 valence electrons. The molecule has 0 bridgehead atoms. The zero-order valence-corrected chi connectivity index (χ0v) is 14.8. The summed E-state index contributed by atoms with van der Waals surface area (Å²) in [5.74, 6) is -1.33. The summed E-state index contributed by atoms with van der Waals surface area (Å²) >= 11 is 0. The molecule has 7 heteroatoms. The van der Waals surface area contributed by atoms with Gasteiger partial charge >= 0.3 is 5.97 Å². The van der Waals surface area contributed by atoms with E-state index in [-0.39, 0.29) is 23.4 Å². The average molecular weight is 359 g/mol. The lowest BCUT2D eigenvalue weighted by Crippen LogP contribution is -2.30. The number of hydrogen-bond donors (Lipinski definition) is 2. The topological polar surface area (TPSA) is 88.0 Å². The molecule has 1 saturated carbocycles. The number of pyridine rings is 2. The predicted octanol–water partition coefficient (Wildman–Crippen LogP) is 2.11. The summed E-state index contributed by atoms with van der Waals surface area (Å²) in [6.07, 6.45) is 3.03. The number of hydrogen-bond acceptors (Lipinski definition) is 4. The minimum absolute atomic E-state index is 0.0236. The van der Waals surface area contributed by atoms with Crippen molar-refractivity contribution in [2.45, 2.75) is 38.6 Å². The van der Waals surface area contributed by atoms with Crippen molar-refractivity contribution in [2.24, 2.45) is 11.7 Å². The molecule has 0 radical (unpaired) electrons. The zero-order chi connectivity index (χ0) is 18.7. The van der Waals surface area contributed by atoms with Crippen LogP contribution in [0.5, 0.6) is 0 Å². The van der Waals surface area contributed by atoms with E-state index in [1.807, 2.05) is 11.8 Å². The third-order valence-electron chi connectivity index (χ3n) is 5.68. The molecule has 2 aromatic heterocycles. The number of anilines is 1. The van der Waals surface area contributed by atoms with Gasteiger partial charge in [0.15, 0.2) is 5.82 Å². The highest BCUT2D eigenvalue weighted by Crippen LogP contribution is 2.44. The molecule has 1 saturated heterocycles. The van der Waals surface area contributed by atoms with Crippen molar-refractivity contribution in [3.8, 4) is 0 Å². The van der Waals surface area contributed by atoms with Gasteiger partial charge in [0.1, 0.15) is 5.56 Å². The Morgan fingerprint density at radius 1 is 1.35 bits per heavy atom. The molecule has 3 N–H and O–H groups in total. The van der Waals surface area contributed by atoms with Crippen molar-refractivity contribution in [1.82, 2.24) is 4.40 Å². The molecular formula is C19H22FN3O3. The van der Waals surface area contributed by atoms with E-state index in [0.29, 0.717) is 29.9 Å². The fraction of sp³-hybridized carbons (Fsp3) is 0.474. The Bertz CT molecular complexity index is 970. The Balaban J connectivity index is 2.00. The van der Waals surface area contributed by atoms with E-state index >= 15 is 0 Å². The molecule has 0 spiro atoms. The van der Waals surface area contributed by atoms with Crippen molar-refractivity contribution in [1.29, 1.82) is 0 Å². The molecule has 26 heavy (non-hydrogen) atoms. The summed E-state index contributed by atoms with van der Waals surface area (Å²) in [5, 5.41) is 9.35. The number of nitrogens with two attached hydrogens (primary N) is 1. The number of carbonyl (C=O) groups is 1. The Kier molecular flexibility index (Phi) is 3.80. The van der Waals surface area contributed by atoms with Crippen LogP contribution in [0.4, 0.5) is 10.1 Å². The third kappa shape index (κ3) is 2.49. The first-order valence-corrected chi connectivity index (χ1v) is 8.91. The highest BCUT2D eigenvalue weighted by Gasteiger charge is 2.33. The molecule has 1 aliphatic carbocycles. The number of fused-ring (bicyclic) bond motifs is 1. The standard InChI is InChI=1S/C19H22FN3O3/c1-9-6-22(8-15(9)21)17-10(2)16-12(11-3-4-11)5-13(19(25)26)18(24)23(16)7-14(17)20/h5,7,9,11,15H,3-4,6,8,21H2,1-2H3,(H,25,26). The normalized spacial score (nSPS) is 23.0. The fourth-order valence-corrected chi connectivity index (χ4v) is 4.06. The lowest BCUT2D eigenvalue weighted by atomic mass is 10.0. The van der Waals surface area contributed by atoms with E-state index in [1.54, 1.807) is 6.92 Å². The molecule has 3 heterocycles. The van der Waals surface area contributed by atoms with Crippen molar-refractivity contribution in [3.63, 3.8) is 0 Å². The highest BCUT2D eigenvalue weighted by molar-refractivity contribution is 5.89. The van der Waals surface area contributed by atoms with Gasteiger partial charge in [0.2, 0.25) is 0 Å². The number of carboxylic acids is 1. The van der Waals surface area contributed by atoms with Gasteiger partial charge in [-0.05, 0) is 48.8 Å². The summed E-state index contributed by atoms with van der Waals surface area (Å²) in [6, 6.07) is 1.45. The monoisotopic (exact) mass is 359 g/mol. The number of halogens is 1. The van der Waals surface area contributed by atoms with Gasteiger partial charge in [-0.2, -0.15) is 0 Å². The second-order valence-corrected chi connectivity index (χ2v) is 7.61. The van der Waals surface area contributed by atoms with Gasteiger partial charge in [-0.15, -0.1) is 0 Å². The minimum Gasteiger partial charge on any atom is -0.477 e. The Labute approximate surface area is 150 Å². The van der Waals surface area contributed by atoms with E-state index in [2.05, 4.69) is 0 Å². The first kappa shape index (κ1) is 17.0. The van der Waals surface area contributed by atoms with Crippen molar-refractivity contribution < 1.29 is 14.3 Å². The van der Waals surface area contributed by atoms with Crippen LogP contribution in [-0.2, 0) is 0 Å². The van der Waals surface area contributed by atoms with Gasteiger partial charge in [-0.3, -0.25) is 9.20 Å². The highest BCUT2D eigenvalue weighted by atomic mass is 19.1. The molecule has 2 aromatic rings. The minimum atomic E-state index is -1.28. The Hall–Kier alpha value is -2.41. The molecule has 1 aliphatic heterocycles. The van der Waals surface area contributed by atoms with Crippen molar-refractivity contribution >= 4 is 17.2 Å². The average Bonchev–Trinajstić information content (AvgIpc) is 3.35. The van der Waals surface area contributed by atoms with Crippen LogP contribution in [-0.4, -0.2) is 34.6 Å². The summed E-state index contributed by atoms with van der Waals surface area (Å²) < 4.78 is 16.1. The Morgan fingerprint density at radius 2 is 2.04 bits per heavy atom. The van der Waals surface area contributed by atoms with Gasteiger partial charge in [0, 0.05) is 19.1 Å². The van der Waals surface area contributed by atoms with Crippen LogP contribution >= 0.6 is 0 Å². The summed E-state index contributed by atoms with van der Waals surface area (Å²) in [6.45, 7) is 5.06. The maximum absolute atomic E-state index is 15.0. The van der Waals surface area contributed by atoms with E-state index in [4.69, 9.17) is 5.73 Å². The van der Waals surface area contributed by atoms with E-state index in [9.17, 15) is 19.1 Å². The van der Waals surface area contributed by atoms with Crippen LogP contribution in [0.15, 0.2) is 17.1 Å². The summed E-state index contributed by atoms with van der Waals surface area (Å²) in [7, 11) is 0. The Morgan fingerprint density at radius 3 is 2.58 bits per heavy atom. The third-order valence-corrected chi connectivity index (χ3v) is 5.68. The molecule has 6 nitrogen and oxygen atoms in total. The predicted molar refractivity (Wildman–Crippen MR) is 96.6 cm³/mol. The zero-order valence-electron chi connectivity index (χ0n) is 14.8. The van der Waals surface area contributed by atoms with Gasteiger partial charge in [-0.25, -0.2) is 9.18 Å². The largest absolute Gasteiger partial charge is 0.477 e. The molecule has 4 rings (SSSR count). The number of carboxylic acid groups (broad SMARTS) is 1. The molecule has 2 aliphatic rings. The smallest absolute Gasteiger partial charge is 0.341 e. The first-order chi connectivity index (χ1) is 12.3. The van der Waals surface area contributed by atoms with Crippen LogP contribution in [0.2, 0.25) is 0 Å². The second kappa shape index (κ2) is 5.81. The van der Waals surface area contributed by atoms with Crippen LogP contribution in [0, 0.1) is 18.7 Å². The molecule has 2 atom stereocenters. The van der Waals surface area contributed by atoms with Gasteiger partial charge in [-0.1, -0.05) is 6.92 Å². The maximum Gasteiger partial charge on any atom is 0.341 e. The summed E-state index contributed by atoms with van der Waals surface area (Å²) in [5.41, 5.74) is 7.67.